The fraction of sp³-hybridized carbons (Fsp3) is 0.929. The van der Waals surface area contributed by atoms with Gasteiger partial charge in [0.1, 0.15) is 0 Å². The van der Waals surface area contributed by atoms with Gasteiger partial charge in [0, 0.05) is 6.04 Å². The molecule has 100 valence electrons. The summed E-state index contributed by atoms with van der Waals surface area (Å²) in [6, 6.07) is 0.491. The van der Waals surface area contributed by atoms with Gasteiger partial charge >= 0.3 is 0 Å². The van der Waals surface area contributed by atoms with Crippen LogP contribution in [0.2, 0.25) is 0 Å². The first-order valence-electron chi connectivity index (χ1n) is 7.10. The highest BCUT2D eigenvalue weighted by molar-refractivity contribution is 5.81. The lowest BCUT2D eigenvalue weighted by molar-refractivity contribution is 0.117. The summed E-state index contributed by atoms with van der Waals surface area (Å²) in [6.45, 7) is 12.2. The molecule has 0 aromatic heterocycles. The monoisotopic (exact) mass is 239 g/mol. The topological polar surface area (TPSA) is 41.6 Å². The van der Waals surface area contributed by atoms with E-state index in [0.717, 1.165) is 31.3 Å². The van der Waals surface area contributed by atoms with Gasteiger partial charge in [-0.1, -0.05) is 34.1 Å². The average molecular weight is 239 g/mol. The van der Waals surface area contributed by atoms with E-state index < -0.39 is 0 Å². The van der Waals surface area contributed by atoms with E-state index in [9.17, 15) is 0 Å². The van der Waals surface area contributed by atoms with Crippen molar-refractivity contribution in [2.45, 2.75) is 71.9 Å². The Morgan fingerprint density at radius 1 is 1.29 bits per heavy atom. The fourth-order valence-corrected chi connectivity index (χ4v) is 2.88. The highest BCUT2D eigenvalue weighted by Gasteiger charge is 2.43. The van der Waals surface area contributed by atoms with Crippen LogP contribution in [0.4, 0.5) is 0 Å². The summed E-state index contributed by atoms with van der Waals surface area (Å²) >= 11 is 0. The second-order valence-electron chi connectivity index (χ2n) is 5.60. The fourth-order valence-electron chi connectivity index (χ4n) is 2.88. The second-order valence-corrected chi connectivity index (χ2v) is 5.60. The molecule has 3 nitrogen and oxygen atoms in total. The predicted molar refractivity (Wildman–Crippen MR) is 75.2 cm³/mol. The Labute approximate surface area is 106 Å². The summed E-state index contributed by atoms with van der Waals surface area (Å²) in [4.78, 5) is 6.91. The third-order valence-electron chi connectivity index (χ3n) is 4.41. The lowest BCUT2D eigenvalue weighted by atomic mass is 9.83. The quantitative estimate of drug-likeness (QED) is 0.774. The van der Waals surface area contributed by atoms with Gasteiger partial charge in [-0.25, -0.2) is 0 Å². The maximum absolute atomic E-state index is 6.10. The van der Waals surface area contributed by atoms with Crippen molar-refractivity contribution >= 4 is 5.96 Å². The van der Waals surface area contributed by atoms with E-state index in [4.69, 9.17) is 5.73 Å². The average Bonchev–Trinajstić information content (AvgIpc) is 2.66. The summed E-state index contributed by atoms with van der Waals surface area (Å²) in [5.74, 6) is 1.49. The maximum atomic E-state index is 6.10. The minimum Gasteiger partial charge on any atom is -0.370 e. The molecule has 3 unspecified atom stereocenters. The van der Waals surface area contributed by atoms with Crippen LogP contribution in [0.3, 0.4) is 0 Å². The zero-order valence-corrected chi connectivity index (χ0v) is 12.2. The highest BCUT2D eigenvalue weighted by atomic mass is 15.4. The molecule has 0 aromatic carbocycles. The number of hydrogen-bond donors (Lipinski definition) is 1. The molecule has 1 heterocycles. The van der Waals surface area contributed by atoms with Gasteiger partial charge in [-0.3, -0.25) is 4.99 Å². The molecule has 0 aromatic rings. The molecular weight excluding hydrogens is 210 g/mol. The maximum Gasteiger partial charge on any atom is 0.192 e. The largest absolute Gasteiger partial charge is 0.370 e. The van der Waals surface area contributed by atoms with Gasteiger partial charge in [0.2, 0.25) is 0 Å². The van der Waals surface area contributed by atoms with Crippen LogP contribution in [0.15, 0.2) is 4.99 Å². The molecule has 0 spiro atoms. The van der Waals surface area contributed by atoms with Crippen molar-refractivity contribution < 1.29 is 0 Å². The van der Waals surface area contributed by atoms with Gasteiger partial charge in [-0.05, 0) is 32.1 Å². The van der Waals surface area contributed by atoms with Crippen LogP contribution in [0, 0.1) is 5.92 Å². The Balaban J connectivity index is 2.90. The van der Waals surface area contributed by atoms with Gasteiger partial charge in [0.15, 0.2) is 5.96 Å². The number of nitrogens with zero attached hydrogens (tertiary/aromatic N) is 2. The highest BCUT2D eigenvalue weighted by Crippen LogP contribution is 2.35. The van der Waals surface area contributed by atoms with Crippen molar-refractivity contribution in [1.29, 1.82) is 0 Å². The molecule has 17 heavy (non-hydrogen) atoms. The minimum absolute atomic E-state index is 0.176. The zero-order valence-electron chi connectivity index (χ0n) is 12.2. The predicted octanol–water partition coefficient (Wildman–Crippen LogP) is 3.00. The molecule has 0 saturated carbocycles. The molecule has 0 aliphatic carbocycles. The molecule has 0 amide bonds. The van der Waals surface area contributed by atoms with Crippen LogP contribution < -0.4 is 5.73 Å². The van der Waals surface area contributed by atoms with Crippen molar-refractivity contribution in [3.63, 3.8) is 0 Å². The number of nitrogens with two attached hydrogens (primary N) is 1. The van der Waals surface area contributed by atoms with E-state index in [1.54, 1.807) is 0 Å². The first-order chi connectivity index (χ1) is 8.00. The normalized spacial score (nSPS) is 28.1. The van der Waals surface area contributed by atoms with Crippen LogP contribution in [0.5, 0.6) is 0 Å². The van der Waals surface area contributed by atoms with E-state index in [1.807, 2.05) is 0 Å². The molecule has 1 aliphatic heterocycles. The van der Waals surface area contributed by atoms with Gasteiger partial charge in [0.25, 0.3) is 0 Å². The van der Waals surface area contributed by atoms with E-state index >= 15 is 0 Å². The zero-order chi connectivity index (χ0) is 13.1. The molecule has 3 atom stereocenters. The summed E-state index contributed by atoms with van der Waals surface area (Å²) < 4.78 is 0. The number of hydrogen-bond acceptors (Lipinski definition) is 3. The van der Waals surface area contributed by atoms with Gasteiger partial charge in [-0.2, -0.15) is 0 Å². The third kappa shape index (κ3) is 2.75. The first-order valence-corrected chi connectivity index (χ1v) is 7.10. The Kier molecular flexibility index (Phi) is 4.84. The lowest BCUT2D eigenvalue weighted by Gasteiger charge is -2.43. The second kappa shape index (κ2) is 5.74. The van der Waals surface area contributed by atoms with E-state index in [-0.39, 0.29) is 5.54 Å². The van der Waals surface area contributed by atoms with Crippen LogP contribution in [-0.2, 0) is 0 Å². The van der Waals surface area contributed by atoms with Crippen molar-refractivity contribution in [3.05, 3.63) is 0 Å². The molecule has 0 fully saturated rings. The standard InChI is InChI=1S/C14H29N3/c1-6-11(4)9-14(8-3)10-16-13(15)17(14)12(5)7-2/h11-12H,6-10H2,1-5H3,(H2,15,16). The van der Waals surface area contributed by atoms with Crippen LogP contribution in [0.1, 0.15) is 60.3 Å². The Morgan fingerprint density at radius 2 is 1.94 bits per heavy atom. The SMILES string of the molecule is CCC(C)CC1(CC)CN=C(N)N1C(C)CC. The Hall–Kier alpha value is -0.730. The van der Waals surface area contributed by atoms with Crippen molar-refractivity contribution in [2.24, 2.45) is 16.6 Å². The smallest absolute Gasteiger partial charge is 0.192 e. The Bertz CT molecular complexity index is 275. The molecule has 0 saturated heterocycles. The molecule has 0 radical (unpaired) electrons. The van der Waals surface area contributed by atoms with Gasteiger partial charge in [-0.15, -0.1) is 0 Å². The first kappa shape index (κ1) is 14.3. The van der Waals surface area contributed by atoms with Crippen LogP contribution in [-0.4, -0.2) is 29.0 Å². The van der Waals surface area contributed by atoms with Gasteiger partial charge < -0.3 is 10.6 Å². The van der Waals surface area contributed by atoms with E-state index in [2.05, 4.69) is 44.5 Å². The lowest BCUT2D eigenvalue weighted by Crippen LogP contribution is -2.55. The molecule has 3 heteroatoms. The van der Waals surface area contributed by atoms with Crippen molar-refractivity contribution in [2.75, 3.05) is 6.54 Å². The van der Waals surface area contributed by atoms with E-state index in [1.165, 1.54) is 12.8 Å². The number of guanidine groups is 1. The number of aliphatic imine (C=N–C) groups is 1. The van der Waals surface area contributed by atoms with Crippen LogP contribution in [0.25, 0.3) is 0 Å². The number of rotatable bonds is 6. The van der Waals surface area contributed by atoms with Gasteiger partial charge in [0.05, 0.1) is 12.1 Å². The summed E-state index contributed by atoms with van der Waals surface area (Å²) in [5, 5.41) is 0. The minimum atomic E-state index is 0.176. The molecule has 1 aliphatic rings. The summed E-state index contributed by atoms with van der Waals surface area (Å²) in [7, 11) is 0. The summed E-state index contributed by atoms with van der Waals surface area (Å²) in [6.07, 6.45) is 4.69. The van der Waals surface area contributed by atoms with Crippen molar-refractivity contribution in [1.82, 2.24) is 4.90 Å². The van der Waals surface area contributed by atoms with Crippen molar-refractivity contribution in [3.8, 4) is 0 Å². The molecule has 2 N–H and O–H groups in total. The van der Waals surface area contributed by atoms with Crippen LogP contribution >= 0.6 is 0 Å². The third-order valence-corrected chi connectivity index (χ3v) is 4.41. The molecular formula is C14H29N3. The Morgan fingerprint density at radius 3 is 2.41 bits per heavy atom. The van der Waals surface area contributed by atoms with E-state index in [0.29, 0.717) is 6.04 Å². The molecule has 0 bridgehead atoms. The summed E-state index contributed by atoms with van der Waals surface area (Å²) in [5.41, 5.74) is 6.28. The molecule has 1 rings (SSSR count).